The topological polar surface area (TPSA) is 18.5 Å². The van der Waals surface area contributed by atoms with Gasteiger partial charge in [0.05, 0.1) is 0 Å². The zero-order chi connectivity index (χ0) is 10.8. The normalized spacial score (nSPS) is 17.4. The Balaban J connectivity index is 2.68. The summed E-state index contributed by atoms with van der Waals surface area (Å²) in [5.41, 5.74) is 0. The molecule has 3 heteroatoms. The average Bonchev–Trinajstić information content (AvgIpc) is 2.03. The van der Waals surface area contributed by atoms with E-state index < -0.39 is 8.32 Å². The van der Waals surface area contributed by atoms with Crippen LogP contribution in [0.2, 0.25) is 18.1 Å². The molecule has 0 amide bonds. The maximum Gasteiger partial charge on any atom is 0.250 e. The Labute approximate surface area is 87.7 Å². The Bertz CT molecular complexity index is 259. The van der Waals surface area contributed by atoms with Gasteiger partial charge in [-0.15, -0.1) is 0 Å². The summed E-state index contributed by atoms with van der Waals surface area (Å²) in [5, 5.41) is 0.235. The van der Waals surface area contributed by atoms with Crippen LogP contribution in [0, 0.1) is 0 Å². The van der Waals surface area contributed by atoms with E-state index >= 15 is 0 Å². The minimum Gasteiger partial charge on any atom is -0.541 e. The van der Waals surface area contributed by atoms with Crippen LogP contribution in [0.3, 0.4) is 0 Å². The Morgan fingerprint density at radius 1 is 1.36 bits per heavy atom. The summed E-state index contributed by atoms with van der Waals surface area (Å²) in [6, 6.07) is 0. The second-order valence-corrected chi connectivity index (χ2v) is 9.84. The molecular weight excluding hydrogens is 192 g/mol. The molecule has 0 saturated carbocycles. The number of hydrogen-bond donors (Lipinski definition) is 0. The zero-order valence-corrected chi connectivity index (χ0v) is 10.8. The van der Waals surface area contributed by atoms with Crippen molar-refractivity contribution in [1.82, 2.24) is 0 Å². The van der Waals surface area contributed by atoms with Gasteiger partial charge in [0.2, 0.25) is 0 Å². The zero-order valence-electron chi connectivity index (χ0n) is 9.76. The summed E-state index contributed by atoms with van der Waals surface area (Å²) in [4.78, 5) is 0. The molecule has 1 heterocycles. The average molecular weight is 212 g/mol. The maximum absolute atomic E-state index is 6.03. The van der Waals surface area contributed by atoms with Crippen molar-refractivity contribution < 1.29 is 9.16 Å². The molecule has 80 valence electrons. The molecule has 0 bridgehead atoms. The predicted octanol–water partition coefficient (Wildman–Crippen LogP) is 3.44. The van der Waals surface area contributed by atoms with Gasteiger partial charge in [-0.3, -0.25) is 0 Å². The van der Waals surface area contributed by atoms with Crippen LogP contribution in [0.5, 0.6) is 0 Å². The van der Waals surface area contributed by atoms with Gasteiger partial charge >= 0.3 is 0 Å². The quantitative estimate of drug-likeness (QED) is 0.653. The summed E-state index contributed by atoms with van der Waals surface area (Å²) < 4.78 is 11.2. The van der Waals surface area contributed by atoms with Gasteiger partial charge in [0.15, 0.2) is 0 Å². The van der Waals surface area contributed by atoms with Gasteiger partial charge in [0.1, 0.15) is 18.6 Å². The van der Waals surface area contributed by atoms with Gasteiger partial charge in [0.25, 0.3) is 8.32 Å². The lowest BCUT2D eigenvalue weighted by Crippen LogP contribution is -2.40. The molecule has 0 N–H and O–H groups in total. The Morgan fingerprint density at radius 2 is 2.00 bits per heavy atom. The van der Waals surface area contributed by atoms with Crippen LogP contribution in [0.4, 0.5) is 0 Å². The Morgan fingerprint density at radius 3 is 2.43 bits per heavy atom. The van der Waals surface area contributed by atoms with Gasteiger partial charge in [-0.1, -0.05) is 20.8 Å². The van der Waals surface area contributed by atoms with Gasteiger partial charge in [-0.05, 0) is 30.3 Å². The van der Waals surface area contributed by atoms with E-state index in [9.17, 15) is 0 Å². The summed E-state index contributed by atoms with van der Waals surface area (Å²) in [7, 11) is -1.69. The van der Waals surface area contributed by atoms with E-state index in [2.05, 4.69) is 33.9 Å². The van der Waals surface area contributed by atoms with Crippen LogP contribution in [0.1, 0.15) is 20.8 Å². The molecule has 0 aromatic rings. The lowest BCUT2D eigenvalue weighted by molar-refractivity contribution is 0.257. The maximum atomic E-state index is 6.03. The Kier molecular flexibility index (Phi) is 3.09. The molecule has 1 aliphatic rings. The lowest BCUT2D eigenvalue weighted by atomic mass is 10.2. The van der Waals surface area contributed by atoms with E-state index in [0.29, 0.717) is 6.61 Å². The number of allylic oxidation sites excluding steroid dienone is 1. The monoisotopic (exact) mass is 212 g/mol. The first-order valence-electron chi connectivity index (χ1n) is 5.00. The van der Waals surface area contributed by atoms with Crippen molar-refractivity contribution >= 4 is 8.32 Å². The second kappa shape index (κ2) is 3.81. The number of hydrogen-bond acceptors (Lipinski definition) is 2. The van der Waals surface area contributed by atoms with Gasteiger partial charge < -0.3 is 9.16 Å². The van der Waals surface area contributed by atoms with Crippen molar-refractivity contribution in [1.29, 1.82) is 0 Å². The van der Waals surface area contributed by atoms with Crippen LogP contribution in [0.15, 0.2) is 24.2 Å². The van der Waals surface area contributed by atoms with E-state index in [1.54, 1.807) is 6.26 Å². The molecule has 0 fully saturated rings. The largest absolute Gasteiger partial charge is 0.541 e. The molecule has 14 heavy (non-hydrogen) atoms. The van der Waals surface area contributed by atoms with Gasteiger partial charge in [-0.2, -0.15) is 0 Å². The van der Waals surface area contributed by atoms with Crippen molar-refractivity contribution in [3.63, 3.8) is 0 Å². The summed E-state index contributed by atoms with van der Waals surface area (Å²) in [6.07, 6.45) is 5.67. The molecule has 2 nitrogen and oxygen atoms in total. The summed E-state index contributed by atoms with van der Waals surface area (Å²) >= 11 is 0. The van der Waals surface area contributed by atoms with E-state index in [4.69, 9.17) is 9.16 Å². The third kappa shape index (κ3) is 2.64. The first-order chi connectivity index (χ1) is 6.33. The highest BCUT2D eigenvalue weighted by molar-refractivity contribution is 6.74. The molecule has 0 atom stereocenters. The van der Waals surface area contributed by atoms with Crippen molar-refractivity contribution in [2.45, 2.75) is 38.9 Å². The molecule has 0 unspecified atom stereocenters. The van der Waals surface area contributed by atoms with Crippen molar-refractivity contribution in [3.8, 4) is 0 Å². The fraction of sp³-hybridized carbons (Fsp3) is 0.636. The molecule has 1 rings (SSSR count). The fourth-order valence-electron chi connectivity index (χ4n) is 0.895. The third-order valence-electron chi connectivity index (χ3n) is 2.85. The highest BCUT2D eigenvalue weighted by Crippen LogP contribution is 2.38. The van der Waals surface area contributed by atoms with Crippen LogP contribution >= 0.6 is 0 Å². The van der Waals surface area contributed by atoms with E-state index in [1.807, 2.05) is 12.2 Å². The van der Waals surface area contributed by atoms with E-state index in [0.717, 1.165) is 5.76 Å². The summed E-state index contributed by atoms with van der Waals surface area (Å²) in [6.45, 7) is 11.8. The standard InChI is InChI=1S/C11H20O2Si/c1-11(2,3)14(4,5)13-10-7-6-8-12-9-10/h6-7,9H,8H2,1-5H3. The molecule has 0 aromatic carbocycles. The van der Waals surface area contributed by atoms with Crippen molar-refractivity contribution in [3.05, 3.63) is 24.2 Å². The van der Waals surface area contributed by atoms with E-state index in [-0.39, 0.29) is 5.04 Å². The summed E-state index contributed by atoms with van der Waals surface area (Å²) in [5.74, 6) is 0.864. The number of rotatable bonds is 2. The Hall–Kier alpha value is -0.703. The highest BCUT2D eigenvalue weighted by Gasteiger charge is 2.39. The highest BCUT2D eigenvalue weighted by atomic mass is 28.4. The minimum atomic E-state index is -1.69. The lowest BCUT2D eigenvalue weighted by Gasteiger charge is -2.36. The third-order valence-corrected chi connectivity index (χ3v) is 7.21. The molecular formula is C11H20O2Si. The van der Waals surface area contributed by atoms with Crippen LogP contribution in [-0.4, -0.2) is 14.9 Å². The minimum absolute atomic E-state index is 0.235. The van der Waals surface area contributed by atoms with Gasteiger partial charge in [-0.25, -0.2) is 0 Å². The molecule has 0 spiro atoms. The fourth-order valence-corrected chi connectivity index (χ4v) is 1.91. The van der Waals surface area contributed by atoms with Crippen LogP contribution in [-0.2, 0) is 9.16 Å². The molecule has 0 aromatic heterocycles. The van der Waals surface area contributed by atoms with Crippen LogP contribution < -0.4 is 0 Å². The SMILES string of the molecule is CC(C)(C)[Si](C)(C)OC1=COCC=C1. The van der Waals surface area contributed by atoms with E-state index in [1.165, 1.54) is 0 Å². The molecule has 0 radical (unpaired) electrons. The van der Waals surface area contributed by atoms with Crippen molar-refractivity contribution in [2.24, 2.45) is 0 Å². The van der Waals surface area contributed by atoms with Crippen LogP contribution in [0.25, 0.3) is 0 Å². The predicted molar refractivity (Wildman–Crippen MR) is 61.5 cm³/mol. The first kappa shape index (κ1) is 11.4. The number of ether oxygens (including phenoxy) is 1. The smallest absolute Gasteiger partial charge is 0.250 e. The first-order valence-corrected chi connectivity index (χ1v) is 7.91. The molecule has 0 saturated heterocycles. The molecule has 1 aliphatic heterocycles. The van der Waals surface area contributed by atoms with Gasteiger partial charge in [0, 0.05) is 0 Å². The molecule has 0 aliphatic carbocycles. The second-order valence-electron chi connectivity index (χ2n) is 5.12. The van der Waals surface area contributed by atoms with Crippen molar-refractivity contribution in [2.75, 3.05) is 6.61 Å².